The van der Waals surface area contributed by atoms with Crippen LogP contribution in [-0.2, 0) is 0 Å². The maximum absolute atomic E-state index is 12.2. The number of hydrogen-bond donors (Lipinski definition) is 3. The molecule has 0 aliphatic rings. The Labute approximate surface area is 151 Å². The summed E-state index contributed by atoms with van der Waals surface area (Å²) >= 11 is 8.28. The van der Waals surface area contributed by atoms with Crippen molar-refractivity contribution in [2.45, 2.75) is 0 Å². The zero-order valence-corrected chi connectivity index (χ0v) is 14.9. The van der Waals surface area contributed by atoms with Crippen LogP contribution in [0.4, 0.5) is 0 Å². The monoisotopic (exact) mass is 408 g/mol. The molecule has 0 aliphatic carbocycles. The van der Waals surface area contributed by atoms with Crippen LogP contribution >= 0.6 is 28.1 Å². The highest BCUT2D eigenvalue weighted by atomic mass is 79.9. The van der Waals surface area contributed by atoms with Crippen LogP contribution in [0, 0.1) is 0 Å². The summed E-state index contributed by atoms with van der Waals surface area (Å²) in [6.07, 6.45) is 2.99. The molecule has 2 aromatic rings. The third-order valence-electron chi connectivity index (χ3n) is 2.87. The minimum atomic E-state index is -0.469. The fraction of sp³-hybridized carbons (Fsp3) is 0.0667. The summed E-state index contributed by atoms with van der Waals surface area (Å²) in [5.41, 5.74) is 5.55. The van der Waals surface area contributed by atoms with E-state index in [1.807, 2.05) is 0 Å². The first kappa shape index (κ1) is 17.8. The summed E-state index contributed by atoms with van der Waals surface area (Å²) in [5.74, 6) is -0.475. The first-order valence-electron chi connectivity index (χ1n) is 6.66. The van der Waals surface area contributed by atoms with E-state index in [0.29, 0.717) is 16.9 Å². The van der Waals surface area contributed by atoms with Gasteiger partial charge in [0.1, 0.15) is 5.75 Å². The lowest BCUT2D eigenvalue weighted by atomic mass is 10.2. The van der Waals surface area contributed by atoms with E-state index in [4.69, 9.17) is 17.0 Å². The third-order valence-corrected chi connectivity index (χ3v) is 3.56. The topological polar surface area (TPSA) is 92.4 Å². The number of ether oxygens (including phenoxy) is 1. The van der Waals surface area contributed by atoms with Crippen LogP contribution in [0.3, 0.4) is 0 Å². The summed E-state index contributed by atoms with van der Waals surface area (Å²) < 4.78 is 5.86. The highest BCUT2D eigenvalue weighted by Gasteiger charge is 2.14. The molecule has 0 saturated carbocycles. The Hall–Kier alpha value is -2.52. The van der Waals surface area contributed by atoms with Crippen LogP contribution in [0.15, 0.2) is 47.2 Å². The van der Waals surface area contributed by atoms with Crippen molar-refractivity contribution in [1.82, 2.24) is 21.2 Å². The van der Waals surface area contributed by atoms with Gasteiger partial charge in [0.05, 0.1) is 12.7 Å². The van der Waals surface area contributed by atoms with E-state index in [1.165, 1.54) is 19.5 Å². The van der Waals surface area contributed by atoms with Gasteiger partial charge in [0.25, 0.3) is 11.8 Å². The number of amides is 2. The Morgan fingerprint density at radius 2 is 1.83 bits per heavy atom. The minimum Gasteiger partial charge on any atom is -0.496 e. The van der Waals surface area contributed by atoms with Crippen molar-refractivity contribution in [2.24, 2.45) is 0 Å². The number of rotatable bonds is 3. The molecule has 0 aliphatic heterocycles. The second-order valence-electron chi connectivity index (χ2n) is 4.44. The lowest BCUT2D eigenvalue weighted by molar-refractivity contribution is 0.0934. The first-order chi connectivity index (χ1) is 11.5. The van der Waals surface area contributed by atoms with E-state index in [0.717, 1.165) is 4.47 Å². The number of carbonyl (C=O) groups excluding carboxylic acids is 2. The minimum absolute atomic E-state index is 0.0514. The Morgan fingerprint density at radius 3 is 2.50 bits per heavy atom. The summed E-state index contributed by atoms with van der Waals surface area (Å²) in [4.78, 5) is 27.9. The van der Waals surface area contributed by atoms with Crippen LogP contribution in [0.25, 0.3) is 0 Å². The molecule has 3 N–H and O–H groups in total. The molecule has 1 aromatic heterocycles. The Balaban J connectivity index is 1.94. The molecule has 9 heteroatoms. The normalized spacial score (nSPS) is 9.75. The van der Waals surface area contributed by atoms with E-state index in [1.54, 1.807) is 30.3 Å². The van der Waals surface area contributed by atoms with Gasteiger partial charge in [-0.2, -0.15) is 0 Å². The van der Waals surface area contributed by atoms with Crippen molar-refractivity contribution in [3.8, 4) is 5.75 Å². The number of benzene rings is 1. The van der Waals surface area contributed by atoms with Crippen molar-refractivity contribution >= 4 is 45.1 Å². The number of nitrogens with one attached hydrogen (secondary N) is 3. The fourth-order valence-corrected chi connectivity index (χ4v) is 2.25. The SMILES string of the molecule is COc1ccc(Br)cc1C(=O)NC(=S)NNC(=O)c1ccncc1. The Kier molecular flexibility index (Phi) is 6.21. The van der Waals surface area contributed by atoms with E-state index in [2.05, 4.69) is 37.1 Å². The molecular formula is C15H13BrN4O3S. The summed E-state index contributed by atoms with van der Waals surface area (Å²) in [6.45, 7) is 0. The highest BCUT2D eigenvalue weighted by Crippen LogP contribution is 2.22. The predicted molar refractivity (Wildman–Crippen MR) is 95.6 cm³/mol. The Morgan fingerprint density at radius 1 is 1.12 bits per heavy atom. The molecule has 2 rings (SSSR count). The van der Waals surface area contributed by atoms with Crippen molar-refractivity contribution < 1.29 is 14.3 Å². The van der Waals surface area contributed by atoms with Crippen molar-refractivity contribution in [1.29, 1.82) is 0 Å². The van der Waals surface area contributed by atoms with Crippen molar-refractivity contribution in [2.75, 3.05) is 7.11 Å². The predicted octanol–water partition coefficient (Wildman–Crippen LogP) is 1.80. The maximum Gasteiger partial charge on any atom is 0.269 e. The van der Waals surface area contributed by atoms with E-state index in [9.17, 15) is 9.59 Å². The van der Waals surface area contributed by atoms with Crippen molar-refractivity contribution in [3.05, 3.63) is 58.3 Å². The van der Waals surface area contributed by atoms with E-state index >= 15 is 0 Å². The largest absolute Gasteiger partial charge is 0.496 e. The van der Waals surface area contributed by atoms with E-state index in [-0.39, 0.29) is 5.11 Å². The molecule has 124 valence electrons. The quantitative estimate of drug-likeness (QED) is 0.529. The lowest BCUT2D eigenvalue weighted by Gasteiger charge is -2.12. The zero-order valence-electron chi connectivity index (χ0n) is 12.5. The number of nitrogens with zero attached hydrogens (tertiary/aromatic N) is 1. The molecule has 0 fully saturated rings. The Bertz CT molecular complexity index is 771. The smallest absolute Gasteiger partial charge is 0.269 e. The molecule has 1 aromatic carbocycles. The van der Waals surface area contributed by atoms with Crippen LogP contribution in [0.1, 0.15) is 20.7 Å². The number of hydrogen-bond acceptors (Lipinski definition) is 5. The van der Waals surface area contributed by atoms with Crippen LogP contribution in [-0.4, -0.2) is 29.0 Å². The average molecular weight is 409 g/mol. The van der Waals surface area contributed by atoms with E-state index < -0.39 is 11.8 Å². The standard InChI is InChI=1S/C15H13BrN4O3S/c1-23-12-3-2-10(16)8-11(12)14(22)18-15(24)20-19-13(21)9-4-6-17-7-5-9/h2-8H,1H3,(H,19,21)(H2,18,20,22,24). The molecular weight excluding hydrogens is 396 g/mol. The third kappa shape index (κ3) is 4.74. The van der Waals surface area contributed by atoms with Gasteiger partial charge in [-0.15, -0.1) is 0 Å². The molecule has 2 amide bonds. The molecule has 0 saturated heterocycles. The summed E-state index contributed by atoms with van der Waals surface area (Å²) in [6, 6.07) is 8.10. The maximum atomic E-state index is 12.2. The molecule has 0 bridgehead atoms. The number of halogens is 1. The number of methoxy groups -OCH3 is 1. The second kappa shape index (κ2) is 8.37. The molecule has 0 unspecified atom stereocenters. The zero-order chi connectivity index (χ0) is 17.5. The number of thiocarbonyl (C=S) groups is 1. The molecule has 0 radical (unpaired) electrons. The summed E-state index contributed by atoms with van der Waals surface area (Å²) in [5, 5.41) is 2.41. The van der Waals surface area contributed by atoms with Gasteiger partial charge in [-0.05, 0) is 42.5 Å². The number of aromatic nitrogens is 1. The lowest BCUT2D eigenvalue weighted by Crippen LogP contribution is -2.48. The average Bonchev–Trinajstić information content (AvgIpc) is 2.60. The van der Waals surface area contributed by atoms with Gasteiger partial charge in [0, 0.05) is 22.4 Å². The fourth-order valence-electron chi connectivity index (χ4n) is 1.75. The number of carbonyl (C=O) groups is 2. The van der Waals surface area contributed by atoms with Gasteiger partial charge in [0.2, 0.25) is 0 Å². The first-order valence-corrected chi connectivity index (χ1v) is 7.86. The molecule has 7 nitrogen and oxygen atoms in total. The van der Waals surface area contributed by atoms with Crippen molar-refractivity contribution in [3.63, 3.8) is 0 Å². The second-order valence-corrected chi connectivity index (χ2v) is 5.77. The van der Waals surface area contributed by atoms with Gasteiger partial charge >= 0.3 is 0 Å². The van der Waals surface area contributed by atoms with Gasteiger partial charge in [-0.25, -0.2) is 0 Å². The summed E-state index contributed by atoms with van der Waals surface area (Å²) in [7, 11) is 1.46. The van der Waals surface area contributed by atoms with Crippen LogP contribution in [0.5, 0.6) is 5.75 Å². The molecule has 24 heavy (non-hydrogen) atoms. The van der Waals surface area contributed by atoms with Crippen LogP contribution < -0.4 is 20.9 Å². The number of pyridine rings is 1. The molecule has 0 atom stereocenters. The van der Waals surface area contributed by atoms with Gasteiger partial charge in [-0.3, -0.25) is 30.7 Å². The van der Waals surface area contributed by atoms with Gasteiger partial charge in [-0.1, -0.05) is 15.9 Å². The number of hydrazine groups is 1. The van der Waals surface area contributed by atoms with Gasteiger partial charge < -0.3 is 4.74 Å². The van der Waals surface area contributed by atoms with Crippen LogP contribution in [0.2, 0.25) is 0 Å². The molecule has 0 spiro atoms. The highest BCUT2D eigenvalue weighted by molar-refractivity contribution is 9.10. The van der Waals surface area contributed by atoms with Gasteiger partial charge in [0.15, 0.2) is 5.11 Å². The molecule has 1 heterocycles.